The van der Waals surface area contributed by atoms with Crippen LogP contribution >= 0.6 is 34.8 Å². The van der Waals surface area contributed by atoms with E-state index in [1.165, 1.54) is 17.0 Å². The molecule has 0 saturated heterocycles. The van der Waals surface area contributed by atoms with E-state index in [1.54, 1.807) is 6.07 Å². The summed E-state index contributed by atoms with van der Waals surface area (Å²) in [5.41, 5.74) is 0.115. The van der Waals surface area contributed by atoms with Crippen molar-refractivity contribution >= 4 is 46.7 Å². The number of halogens is 1. The summed E-state index contributed by atoms with van der Waals surface area (Å²) < 4.78 is 2.15. The number of aromatic hydroxyl groups is 1. The van der Waals surface area contributed by atoms with E-state index in [0.29, 0.717) is 26.1 Å². The summed E-state index contributed by atoms with van der Waals surface area (Å²) >= 11 is 6.87. The molecule has 0 unspecified atom stereocenters. The first-order valence-corrected chi connectivity index (χ1v) is 7.30. The number of nitro benzene ring substituents is 1. The van der Waals surface area contributed by atoms with Crippen LogP contribution in [0.4, 0.5) is 5.69 Å². The molecule has 0 amide bonds. The van der Waals surface area contributed by atoms with Gasteiger partial charge in [0.1, 0.15) is 0 Å². The van der Waals surface area contributed by atoms with Crippen molar-refractivity contribution in [2.45, 2.75) is 13.3 Å². The summed E-state index contributed by atoms with van der Waals surface area (Å²) in [6.07, 6.45) is 2.07. The first-order chi connectivity index (χ1) is 9.93. The SMILES string of the molecule is CCc1n[nH]c(=S)n1/N=C\c1cc(I)c(O)c([N+](=O)[O-])c1. The van der Waals surface area contributed by atoms with Gasteiger partial charge >= 0.3 is 5.69 Å². The topological polar surface area (TPSA) is 109 Å². The van der Waals surface area contributed by atoms with Crippen LogP contribution in [-0.4, -0.2) is 31.1 Å². The molecule has 0 radical (unpaired) electrons. The van der Waals surface area contributed by atoms with E-state index in [2.05, 4.69) is 15.3 Å². The number of rotatable bonds is 4. The van der Waals surface area contributed by atoms with Gasteiger partial charge in [-0.2, -0.15) is 14.9 Å². The third kappa shape index (κ3) is 3.26. The van der Waals surface area contributed by atoms with Crippen LogP contribution in [0.15, 0.2) is 17.2 Å². The molecule has 0 aliphatic rings. The number of hydrogen-bond acceptors (Lipinski definition) is 6. The van der Waals surface area contributed by atoms with Crippen molar-refractivity contribution < 1.29 is 10.0 Å². The summed E-state index contributed by atoms with van der Waals surface area (Å²) in [5, 5.41) is 31.3. The number of benzene rings is 1. The van der Waals surface area contributed by atoms with Gasteiger partial charge in [0.2, 0.25) is 10.5 Å². The van der Waals surface area contributed by atoms with E-state index < -0.39 is 4.92 Å². The van der Waals surface area contributed by atoms with E-state index in [1.807, 2.05) is 29.5 Å². The smallest absolute Gasteiger partial charge is 0.312 e. The van der Waals surface area contributed by atoms with Gasteiger partial charge in [-0.25, -0.2) is 0 Å². The van der Waals surface area contributed by atoms with Crippen molar-refractivity contribution in [2.24, 2.45) is 5.10 Å². The van der Waals surface area contributed by atoms with Crippen LogP contribution in [0, 0.1) is 18.5 Å². The molecule has 21 heavy (non-hydrogen) atoms. The van der Waals surface area contributed by atoms with E-state index in [9.17, 15) is 15.2 Å². The molecule has 0 saturated carbocycles. The van der Waals surface area contributed by atoms with Crippen LogP contribution < -0.4 is 0 Å². The van der Waals surface area contributed by atoms with Crippen molar-refractivity contribution in [3.05, 3.63) is 42.0 Å². The van der Waals surface area contributed by atoms with Crippen molar-refractivity contribution in [1.82, 2.24) is 14.9 Å². The summed E-state index contributed by atoms with van der Waals surface area (Å²) in [7, 11) is 0. The van der Waals surface area contributed by atoms with Crippen molar-refractivity contribution in [3.8, 4) is 5.75 Å². The molecule has 8 nitrogen and oxygen atoms in total. The number of nitrogens with zero attached hydrogens (tertiary/aromatic N) is 4. The van der Waals surface area contributed by atoms with E-state index in [-0.39, 0.29) is 11.4 Å². The number of phenolic OH excluding ortho intramolecular Hbond substituents is 1. The molecule has 1 aromatic heterocycles. The fourth-order valence-corrected chi connectivity index (χ4v) is 2.45. The molecular formula is C11H10IN5O3S. The Balaban J connectivity index is 2.44. The Morgan fingerprint density at radius 3 is 3.00 bits per heavy atom. The molecule has 0 fully saturated rings. The first kappa shape index (κ1) is 15.6. The minimum Gasteiger partial charge on any atom is -0.501 e. The van der Waals surface area contributed by atoms with E-state index >= 15 is 0 Å². The fraction of sp³-hybridized carbons (Fsp3) is 0.182. The molecular weight excluding hydrogens is 409 g/mol. The first-order valence-electron chi connectivity index (χ1n) is 5.81. The Hall–Kier alpha value is -1.82. The summed E-state index contributed by atoms with van der Waals surface area (Å²) in [6.45, 7) is 1.91. The van der Waals surface area contributed by atoms with Gasteiger partial charge in [0.15, 0.2) is 5.82 Å². The second kappa shape index (κ2) is 6.30. The Kier molecular flexibility index (Phi) is 4.67. The number of aryl methyl sites for hydroxylation is 1. The third-order valence-corrected chi connectivity index (χ3v) is 3.70. The summed E-state index contributed by atoms with van der Waals surface area (Å²) in [6, 6.07) is 2.83. The molecule has 10 heteroatoms. The second-order valence-electron chi connectivity index (χ2n) is 3.98. The van der Waals surface area contributed by atoms with E-state index in [4.69, 9.17) is 12.2 Å². The number of nitrogens with one attached hydrogen (secondary N) is 1. The minimum atomic E-state index is -0.643. The van der Waals surface area contributed by atoms with Gasteiger partial charge in [0.05, 0.1) is 14.7 Å². The number of hydrogen-bond donors (Lipinski definition) is 2. The van der Waals surface area contributed by atoms with E-state index in [0.717, 1.165) is 0 Å². The average Bonchev–Trinajstić information content (AvgIpc) is 2.80. The standard InChI is InChI=1S/C11H10IN5O3S/c1-2-9-14-15-11(21)16(9)13-5-6-3-7(12)10(18)8(4-6)17(19)20/h3-5,18H,2H2,1H3,(H,15,21)/b13-5-. The molecule has 1 aromatic carbocycles. The molecule has 2 aromatic rings. The maximum Gasteiger partial charge on any atom is 0.312 e. The van der Waals surface area contributed by atoms with Gasteiger partial charge in [-0.3, -0.25) is 15.2 Å². The lowest BCUT2D eigenvalue weighted by Crippen LogP contribution is -1.98. The highest BCUT2D eigenvalue weighted by atomic mass is 127. The van der Waals surface area contributed by atoms with Gasteiger partial charge in [-0.1, -0.05) is 6.92 Å². The normalized spacial score (nSPS) is 11.1. The predicted molar refractivity (Wildman–Crippen MR) is 87.3 cm³/mol. The Morgan fingerprint density at radius 2 is 2.38 bits per heavy atom. The zero-order valence-corrected chi connectivity index (χ0v) is 13.8. The van der Waals surface area contributed by atoms with Crippen LogP contribution in [0.25, 0.3) is 0 Å². The molecule has 110 valence electrons. The highest BCUT2D eigenvalue weighted by molar-refractivity contribution is 14.1. The molecule has 0 spiro atoms. The Bertz CT molecular complexity index is 783. The van der Waals surface area contributed by atoms with Gasteiger partial charge in [0.25, 0.3) is 0 Å². The lowest BCUT2D eigenvalue weighted by molar-refractivity contribution is -0.386. The lowest BCUT2D eigenvalue weighted by Gasteiger charge is -2.01. The van der Waals surface area contributed by atoms with Crippen LogP contribution in [0.1, 0.15) is 18.3 Å². The highest BCUT2D eigenvalue weighted by Crippen LogP contribution is 2.31. The Morgan fingerprint density at radius 1 is 1.67 bits per heavy atom. The average molecular weight is 419 g/mol. The van der Waals surface area contributed by atoms with Crippen LogP contribution in [0.3, 0.4) is 0 Å². The van der Waals surface area contributed by atoms with Crippen molar-refractivity contribution in [3.63, 3.8) is 0 Å². The molecule has 0 aliphatic carbocycles. The molecule has 0 bridgehead atoms. The van der Waals surface area contributed by atoms with Crippen molar-refractivity contribution in [1.29, 1.82) is 0 Å². The highest BCUT2D eigenvalue weighted by Gasteiger charge is 2.17. The van der Waals surface area contributed by atoms with Gasteiger partial charge in [0, 0.05) is 18.1 Å². The maximum absolute atomic E-state index is 10.9. The summed E-state index contributed by atoms with van der Waals surface area (Å²) in [4.78, 5) is 10.2. The third-order valence-electron chi connectivity index (χ3n) is 2.62. The number of aromatic nitrogens is 3. The Labute approximate surface area is 137 Å². The van der Waals surface area contributed by atoms with Crippen molar-refractivity contribution in [2.75, 3.05) is 0 Å². The largest absolute Gasteiger partial charge is 0.501 e. The number of H-pyrrole nitrogens is 1. The molecule has 2 rings (SSSR count). The molecule has 1 heterocycles. The quantitative estimate of drug-likeness (QED) is 0.260. The molecule has 0 atom stereocenters. The van der Waals surface area contributed by atoms with Crippen LogP contribution in [0.2, 0.25) is 0 Å². The van der Waals surface area contributed by atoms with Gasteiger partial charge in [-0.05, 0) is 40.9 Å². The number of phenols is 1. The maximum atomic E-state index is 10.9. The summed E-state index contributed by atoms with van der Waals surface area (Å²) in [5.74, 6) is 0.297. The minimum absolute atomic E-state index is 0.339. The number of aromatic amines is 1. The number of nitro groups is 1. The monoisotopic (exact) mass is 419 g/mol. The van der Waals surface area contributed by atoms with Gasteiger partial charge < -0.3 is 5.11 Å². The molecule has 0 aliphatic heterocycles. The zero-order chi connectivity index (χ0) is 15.6. The lowest BCUT2D eigenvalue weighted by atomic mass is 10.2. The van der Waals surface area contributed by atoms with Crippen LogP contribution in [-0.2, 0) is 6.42 Å². The predicted octanol–water partition coefficient (Wildman–Crippen LogP) is 2.60. The fourth-order valence-electron chi connectivity index (χ4n) is 1.62. The molecule has 2 N–H and O–H groups in total. The van der Waals surface area contributed by atoms with Gasteiger partial charge in [-0.15, -0.1) is 0 Å². The zero-order valence-electron chi connectivity index (χ0n) is 10.8. The van der Waals surface area contributed by atoms with Crippen LogP contribution in [0.5, 0.6) is 5.75 Å². The second-order valence-corrected chi connectivity index (χ2v) is 5.53.